The first kappa shape index (κ1) is 20.2. The van der Waals surface area contributed by atoms with Crippen molar-refractivity contribution in [1.82, 2.24) is 9.97 Å². The Bertz CT molecular complexity index is 1270. The number of hydrogen-bond acceptors (Lipinski definition) is 5. The van der Waals surface area contributed by atoms with Gasteiger partial charge in [-0.3, -0.25) is 9.59 Å². The van der Waals surface area contributed by atoms with Crippen molar-refractivity contribution in [3.63, 3.8) is 0 Å². The summed E-state index contributed by atoms with van der Waals surface area (Å²) in [5, 5.41) is 4.04. The van der Waals surface area contributed by atoms with Crippen molar-refractivity contribution >= 4 is 45.5 Å². The Hall–Kier alpha value is -4.06. The normalized spacial score (nSPS) is 13.4. The van der Waals surface area contributed by atoms with Gasteiger partial charge in [0.25, 0.3) is 0 Å². The Kier molecular flexibility index (Phi) is 5.45. The summed E-state index contributed by atoms with van der Waals surface area (Å²) < 4.78 is 0. The molecular formula is C25H22N4O2. The number of allylic oxidation sites excluding steroid dienone is 4. The molecule has 1 aromatic heterocycles. The number of hydrogen-bond donors (Lipinski definition) is 1. The van der Waals surface area contributed by atoms with E-state index in [0.717, 1.165) is 39.0 Å². The predicted octanol–water partition coefficient (Wildman–Crippen LogP) is 4.82. The zero-order valence-corrected chi connectivity index (χ0v) is 17.4. The van der Waals surface area contributed by atoms with Gasteiger partial charge in [-0.1, -0.05) is 30.9 Å². The molecule has 1 aliphatic rings. The van der Waals surface area contributed by atoms with Crippen LogP contribution in [0.15, 0.2) is 79.0 Å². The lowest BCUT2D eigenvalue weighted by Gasteiger charge is -2.16. The number of carbonyl (C=O) groups is 2. The molecule has 1 heterocycles. The fraction of sp³-hybridized carbons (Fsp3) is 0.120. The number of ketones is 1. The Morgan fingerprint density at radius 1 is 1.23 bits per heavy atom. The van der Waals surface area contributed by atoms with Crippen molar-refractivity contribution in [1.29, 1.82) is 0 Å². The summed E-state index contributed by atoms with van der Waals surface area (Å²) in [5.41, 5.74) is 4.86. The molecule has 0 unspecified atom stereocenters. The topological polar surface area (TPSA) is 75.2 Å². The second kappa shape index (κ2) is 8.36. The number of fused-ring (bicyclic) bond motifs is 1. The van der Waals surface area contributed by atoms with Gasteiger partial charge >= 0.3 is 0 Å². The van der Waals surface area contributed by atoms with Crippen molar-refractivity contribution in [2.45, 2.75) is 13.3 Å². The number of Topliss-reactive ketones (excluding diaryl/α,β-unsaturated/α-hetero) is 1. The molecular weight excluding hydrogens is 388 g/mol. The third kappa shape index (κ3) is 4.14. The van der Waals surface area contributed by atoms with Gasteiger partial charge in [-0.25, -0.2) is 9.97 Å². The molecule has 0 bridgehead atoms. The zero-order valence-electron chi connectivity index (χ0n) is 17.4. The van der Waals surface area contributed by atoms with Crippen LogP contribution >= 0.6 is 0 Å². The molecule has 0 saturated heterocycles. The molecule has 154 valence electrons. The summed E-state index contributed by atoms with van der Waals surface area (Å²) in [4.78, 5) is 34.7. The van der Waals surface area contributed by atoms with Crippen molar-refractivity contribution in [2.75, 3.05) is 17.3 Å². The number of likely N-dealkylation sites (N-methyl/N-ethyl adjacent to an activating group) is 1. The van der Waals surface area contributed by atoms with Gasteiger partial charge in [0.2, 0.25) is 11.9 Å². The molecule has 1 aliphatic carbocycles. The molecule has 31 heavy (non-hydrogen) atoms. The average Bonchev–Trinajstić information content (AvgIpc) is 2.78. The van der Waals surface area contributed by atoms with Gasteiger partial charge in [-0.05, 0) is 54.5 Å². The van der Waals surface area contributed by atoms with Gasteiger partial charge in [-0.15, -0.1) is 0 Å². The number of anilines is 3. The fourth-order valence-electron chi connectivity index (χ4n) is 3.57. The summed E-state index contributed by atoms with van der Waals surface area (Å²) in [7, 11) is 1.69. The molecule has 6 heteroatoms. The quantitative estimate of drug-likeness (QED) is 0.610. The van der Waals surface area contributed by atoms with Crippen molar-refractivity contribution in [3.8, 4) is 0 Å². The number of nitrogens with zero attached hydrogens (tertiary/aromatic N) is 3. The first-order valence-electron chi connectivity index (χ1n) is 9.91. The van der Waals surface area contributed by atoms with Crippen LogP contribution < -0.4 is 10.2 Å². The van der Waals surface area contributed by atoms with Crippen LogP contribution in [0.5, 0.6) is 0 Å². The molecule has 0 radical (unpaired) electrons. The van der Waals surface area contributed by atoms with E-state index in [-0.39, 0.29) is 11.7 Å². The molecule has 0 fully saturated rings. The molecule has 0 atom stereocenters. The molecule has 0 aliphatic heterocycles. The highest BCUT2D eigenvalue weighted by atomic mass is 16.2. The van der Waals surface area contributed by atoms with E-state index in [1.165, 1.54) is 11.0 Å². The highest BCUT2D eigenvalue weighted by Crippen LogP contribution is 2.28. The molecule has 4 rings (SSSR count). The molecule has 2 aromatic carbocycles. The summed E-state index contributed by atoms with van der Waals surface area (Å²) in [6.45, 7) is 5.47. The van der Waals surface area contributed by atoms with E-state index < -0.39 is 0 Å². The lowest BCUT2D eigenvalue weighted by atomic mass is 9.91. The summed E-state index contributed by atoms with van der Waals surface area (Å²) in [6, 6.07) is 13.2. The smallest absolute Gasteiger partial charge is 0.250 e. The molecule has 1 N–H and O–H groups in total. The minimum atomic E-state index is -0.188. The fourth-order valence-corrected chi connectivity index (χ4v) is 3.57. The van der Waals surface area contributed by atoms with Gasteiger partial charge in [0.15, 0.2) is 5.78 Å². The summed E-state index contributed by atoms with van der Waals surface area (Å²) >= 11 is 0. The van der Waals surface area contributed by atoms with Gasteiger partial charge in [0.1, 0.15) is 0 Å². The summed E-state index contributed by atoms with van der Waals surface area (Å²) in [6.07, 6.45) is 7.32. The second-order valence-corrected chi connectivity index (χ2v) is 7.33. The largest absolute Gasteiger partial charge is 0.324 e. The SMILES string of the molecule is C=CC(=O)N(C)c1cccc(Nc2ncc3cc(C4=C(C)C=CCC4=O)ccc3n2)c1. The predicted molar refractivity (Wildman–Crippen MR) is 124 cm³/mol. The molecule has 0 spiro atoms. The maximum Gasteiger partial charge on any atom is 0.250 e. The van der Waals surface area contributed by atoms with E-state index in [1.54, 1.807) is 13.2 Å². The van der Waals surface area contributed by atoms with E-state index in [9.17, 15) is 9.59 Å². The van der Waals surface area contributed by atoms with E-state index >= 15 is 0 Å². The third-order valence-electron chi connectivity index (χ3n) is 5.21. The minimum Gasteiger partial charge on any atom is -0.324 e. The molecule has 6 nitrogen and oxygen atoms in total. The lowest BCUT2D eigenvalue weighted by molar-refractivity contribution is -0.114. The number of nitrogens with one attached hydrogen (secondary N) is 1. The number of aromatic nitrogens is 2. The maximum absolute atomic E-state index is 12.4. The van der Waals surface area contributed by atoms with Crippen molar-refractivity contribution in [3.05, 3.63) is 84.6 Å². The number of rotatable bonds is 5. The first-order chi connectivity index (χ1) is 15.0. The minimum absolute atomic E-state index is 0.123. The van der Waals surface area contributed by atoms with Crippen LogP contribution in [0, 0.1) is 0 Å². The lowest BCUT2D eigenvalue weighted by Crippen LogP contribution is -2.23. The van der Waals surface area contributed by atoms with E-state index in [2.05, 4.69) is 21.9 Å². The molecule has 0 saturated carbocycles. The van der Waals surface area contributed by atoms with E-state index in [0.29, 0.717) is 12.4 Å². The number of amides is 1. The Labute approximate surface area is 180 Å². The Morgan fingerprint density at radius 3 is 2.84 bits per heavy atom. The summed E-state index contributed by atoms with van der Waals surface area (Å²) in [5.74, 6) is 0.382. The average molecular weight is 410 g/mol. The van der Waals surface area contributed by atoms with Crippen LogP contribution in [-0.4, -0.2) is 28.7 Å². The van der Waals surface area contributed by atoms with Crippen LogP contribution in [-0.2, 0) is 9.59 Å². The Morgan fingerprint density at radius 2 is 2.06 bits per heavy atom. The highest BCUT2D eigenvalue weighted by Gasteiger charge is 2.17. The van der Waals surface area contributed by atoms with Gasteiger partial charge in [0, 0.05) is 42.0 Å². The molecule has 1 amide bonds. The van der Waals surface area contributed by atoms with Crippen LogP contribution in [0.4, 0.5) is 17.3 Å². The van der Waals surface area contributed by atoms with Gasteiger partial charge < -0.3 is 10.2 Å². The van der Waals surface area contributed by atoms with Crippen LogP contribution in [0.3, 0.4) is 0 Å². The number of benzene rings is 2. The highest BCUT2D eigenvalue weighted by molar-refractivity contribution is 6.23. The van der Waals surface area contributed by atoms with Crippen LogP contribution in [0.25, 0.3) is 16.5 Å². The maximum atomic E-state index is 12.4. The number of carbonyl (C=O) groups excluding carboxylic acids is 2. The van der Waals surface area contributed by atoms with Crippen molar-refractivity contribution < 1.29 is 9.59 Å². The standard InChI is InChI=1S/C25H22N4O2/c1-4-23(31)29(3)20-9-6-8-19(14-20)27-25-26-15-18-13-17(11-12-21(18)28-25)24-16(2)7-5-10-22(24)30/h4-9,11-15H,1,10H2,2-3H3,(H,26,27,28). The van der Waals surface area contributed by atoms with E-state index in [4.69, 9.17) is 0 Å². The second-order valence-electron chi connectivity index (χ2n) is 7.33. The monoisotopic (exact) mass is 410 g/mol. The van der Waals surface area contributed by atoms with Crippen LogP contribution in [0.2, 0.25) is 0 Å². The Balaban J connectivity index is 1.61. The van der Waals surface area contributed by atoms with Gasteiger partial charge in [0.05, 0.1) is 5.52 Å². The molecule has 3 aromatic rings. The van der Waals surface area contributed by atoms with Gasteiger partial charge in [-0.2, -0.15) is 0 Å². The van der Waals surface area contributed by atoms with Crippen LogP contribution in [0.1, 0.15) is 18.9 Å². The van der Waals surface area contributed by atoms with E-state index in [1.807, 2.05) is 61.5 Å². The first-order valence-corrected chi connectivity index (χ1v) is 9.91. The third-order valence-corrected chi connectivity index (χ3v) is 5.21. The zero-order chi connectivity index (χ0) is 22.0. The van der Waals surface area contributed by atoms with Crippen molar-refractivity contribution in [2.24, 2.45) is 0 Å².